The van der Waals surface area contributed by atoms with Gasteiger partial charge in [-0.1, -0.05) is 18.2 Å². The average molecular weight is 367 g/mol. The van der Waals surface area contributed by atoms with Gasteiger partial charge in [-0.05, 0) is 38.1 Å². The van der Waals surface area contributed by atoms with Crippen LogP contribution >= 0.6 is 0 Å². The molecule has 0 fully saturated rings. The van der Waals surface area contributed by atoms with E-state index in [0.29, 0.717) is 23.6 Å². The van der Waals surface area contributed by atoms with Gasteiger partial charge in [-0.25, -0.2) is 4.68 Å². The number of carbonyl (C=O) groups excluding carboxylic acids is 2. The van der Waals surface area contributed by atoms with Gasteiger partial charge >= 0.3 is 5.97 Å². The van der Waals surface area contributed by atoms with E-state index in [0.717, 1.165) is 11.4 Å². The van der Waals surface area contributed by atoms with Crippen LogP contribution in [0.1, 0.15) is 23.6 Å². The predicted molar refractivity (Wildman–Crippen MR) is 99.7 cm³/mol. The molecule has 3 aromatic rings. The van der Waals surface area contributed by atoms with Crippen LogP contribution in [0.5, 0.6) is 0 Å². The van der Waals surface area contributed by atoms with Crippen molar-refractivity contribution < 1.29 is 18.7 Å². The van der Waals surface area contributed by atoms with E-state index in [2.05, 4.69) is 10.4 Å². The van der Waals surface area contributed by atoms with E-state index in [9.17, 15) is 9.59 Å². The number of hydrogen-bond donors (Lipinski definition) is 1. The quantitative estimate of drug-likeness (QED) is 0.648. The molecule has 0 atom stereocenters. The summed E-state index contributed by atoms with van der Waals surface area (Å²) in [6, 6.07) is 13.2. The van der Waals surface area contributed by atoms with E-state index < -0.39 is 11.9 Å². The molecule has 140 valence electrons. The van der Waals surface area contributed by atoms with Crippen molar-refractivity contribution in [2.45, 2.75) is 26.7 Å². The van der Waals surface area contributed by atoms with E-state index in [1.54, 1.807) is 23.1 Å². The smallest absolute Gasteiger partial charge is 0.306 e. The second kappa shape index (κ2) is 8.35. The van der Waals surface area contributed by atoms with Gasteiger partial charge in [-0.15, -0.1) is 0 Å². The van der Waals surface area contributed by atoms with Gasteiger partial charge in [-0.3, -0.25) is 9.59 Å². The van der Waals surface area contributed by atoms with Crippen molar-refractivity contribution in [3.63, 3.8) is 0 Å². The summed E-state index contributed by atoms with van der Waals surface area (Å²) in [4.78, 5) is 23.9. The molecular weight excluding hydrogens is 346 g/mol. The number of hydrogen-bond acceptors (Lipinski definition) is 5. The fourth-order valence-electron chi connectivity index (χ4n) is 2.72. The molecular formula is C20H21N3O4. The number of para-hydroxylation sites is 1. The van der Waals surface area contributed by atoms with Gasteiger partial charge in [-0.2, -0.15) is 5.10 Å². The highest BCUT2D eigenvalue weighted by molar-refractivity contribution is 5.93. The van der Waals surface area contributed by atoms with E-state index in [4.69, 9.17) is 9.15 Å². The standard InChI is InChI=1S/C20H21N3O4/c1-14-20(15(2)23(22-14)16-7-4-3-5-8-16)21-18(24)13-27-19(25)11-10-17-9-6-12-26-17/h3-9,12H,10-11,13H2,1-2H3,(H,21,24). The van der Waals surface area contributed by atoms with Crippen LogP contribution in [0.3, 0.4) is 0 Å². The molecule has 7 nitrogen and oxygen atoms in total. The van der Waals surface area contributed by atoms with Crippen LogP contribution in [0.25, 0.3) is 5.69 Å². The van der Waals surface area contributed by atoms with Crippen LogP contribution in [0, 0.1) is 13.8 Å². The fraction of sp³-hybridized carbons (Fsp3) is 0.250. The lowest BCUT2D eigenvalue weighted by molar-refractivity contribution is -0.147. The molecule has 0 aliphatic heterocycles. The van der Waals surface area contributed by atoms with E-state index in [-0.39, 0.29) is 13.0 Å². The molecule has 0 aliphatic carbocycles. The number of aromatic nitrogens is 2. The summed E-state index contributed by atoms with van der Waals surface area (Å²) in [7, 11) is 0. The van der Waals surface area contributed by atoms with Gasteiger partial charge < -0.3 is 14.5 Å². The van der Waals surface area contributed by atoms with E-state index in [1.165, 1.54) is 0 Å². The first-order chi connectivity index (χ1) is 13.0. The molecule has 0 unspecified atom stereocenters. The maximum Gasteiger partial charge on any atom is 0.306 e. The number of anilines is 1. The van der Waals surface area contributed by atoms with Crippen molar-refractivity contribution in [2.75, 3.05) is 11.9 Å². The molecule has 2 aromatic heterocycles. The molecule has 7 heteroatoms. The number of carbonyl (C=O) groups is 2. The van der Waals surface area contributed by atoms with Gasteiger partial charge in [0, 0.05) is 6.42 Å². The van der Waals surface area contributed by atoms with Gasteiger partial charge in [0.15, 0.2) is 6.61 Å². The monoisotopic (exact) mass is 367 g/mol. The number of aryl methyl sites for hydroxylation is 2. The largest absolute Gasteiger partial charge is 0.469 e. The third-order valence-electron chi connectivity index (χ3n) is 4.08. The molecule has 2 heterocycles. The topological polar surface area (TPSA) is 86.4 Å². The van der Waals surface area contributed by atoms with Crippen molar-refractivity contribution in [3.8, 4) is 5.69 Å². The molecule has 0 saturated carbocycles. The molecule has 0 saturated heterocycles. The first kappa shape index (κ1) is 18.4. The minimum absolute atomic E-state index is 0.158. The highest BCUT2D eigenvalue weighted by atomic mass is 16.5. The summed E-state index contributed by atoms with van der Waals surface area (Å²) in [6.45, 7) is 3.35. The van der Waals surface area contributed by atoms with E-state index in [1.807, 2.05) is 44.2 Å². The van der Waals surface area contributed by atoms with Crippen molar-refractivity contribution in [2.24, 2.45) is 0 Å². The zero-order valence-electron chi connectivity index (χ0n) is 15.3. The average Bonchev–Trinajstić information content (AvgIpc) is 3.29. The number of rotatable bonds is 7. The number of amides is 1. The van der Waals surface area contributed by atoms with Crippen LogP contribution in [0.2, 0.25) is 0 Å². The summed E-state index contributed by atoms with van der Waals surface area (Å²) in [5.74, 6) is -0.147. The molecule has 1 amide bonds. The highest BCUT2D eigenvalue weighted by Crippen LogP contribution is 2.22. The molecule has 0 spiro atoms. The summed E-state index contributed by atoms with van der Waals surface area (Å²) in [5.41, 5.74) is 3.02. The zero-order chi connectivity index (χ0) is 19.2. The maximum atomic E-state index is 12.2. The summed E-state index contributed by atoms with van der Waals surface area (Å²) in [5, 5.41) is 7.25. The zero-order valence-corrected chi connectivity index (χ0v) is 15.3. The minimum Gasteiger partial charge on any atom is -0.469 e. The Balaban J connectivity index is 1.55. The first-order valence-electron chi connectivity index (χ1n) is 8.64. The normalized spacial score (nSPS) is 10.6. The highest BCUT2D eigenvalue weighted by Gasteiger charge is 2.16. The lowest BCUT2D eigenvalue weighted by atomic mass is 10.2. The number of nitrogens with zero attached hydrogens (tertiary/aromatic N) is 2. The Morgan fingerprint density at radius 2 is 1.93 bits per heavy atom. The Bertz CT molecular complexity index is 914. The summed E-state index contributed by atoms with van der Waals surface area (Å²) < 4.78 is 11.9. The molecule has 3 rings (SSSR count). The lowest BCUT2D eigenvalue weighted by Crippen LogP contribution is -2.21. The van der Waals surface area contributed by atoms with Crippen molar-refractivity contribution in [1.29, 1.82) is 0 Å². The van der Waals surface area contributed by atoms with Crippen LogP contribution < -0.4 is 5.32 Å². The van der Waals surface area contributed by atoms with Crippen molar-refractivity contribution in [1.82, 2.24) is 9.78 Å². The molecule has 0 aliphatic rings. The van der Waals surface area contributed by atoms with Crippen LogP contribution in [-0.2, 0) is 20.7 Å². The van der Waals surface area contributed by atoms with Crippen LogP contribution in [0.15, 0.2) is 53.1 Å². The van der Waals surface area contributed by atoms with Gasteiger partial charge in [0.1, 0.15) is 5.76 Å². The molecule has 1 aromatic carbocycles. The van der Waals surface area contributed by atoms with Gasteiger partial charge in [0.25, 0.3) is 5.91 Å². The molecule has 0 bridgehead atoms. The van der Waals surface area contributed by atoms with Gasteiger partial charge in [0.05, 0.1) is 35.4 Å². The SMILES string of the molecule is Cc1nn(-c2ccccc2)c(C)c1NC(=O)COC(=O)CCc1ccco1. The van der Waals surface area contributed by atoms with E-state index >= 15 is 0 Å². The Hall–Kier alpha value is -3.35. The first-order valence-corrected chi connectivity index (χ1v) is 8.64. The Kier molecular flexibility index (Phi) is 5.71. The number of ether oxygens (including phenoxy) is 1. The summed E-state index contributed by atoms with van der Waals surface area (Å²) >= 11 is 0. The van der Waals surface area contributed by atoms with Crippen LogP contribution in [0.4, 0.5) is 5.69 Å². The Morgan fingerprint density at radius 3 is 2.63 bits per heavy atom. The molecule has 27 heavy (non-hydrogen) atoms. The number of furan rings is 1. The minimum atomic E-state index is -0.449. The van der Waals surface area contributed by atoms with Crippen LogP contribution in [-0.4, -0.2) is 28.3 Å². The van der Waals surface area contributed by atoms with Gasteiger partial charge in [0.2, 0.25) is 0 Å². The predicted octanol–water partition coefficient (Wildman–Crippen LogP) is 3.20. The second-order valence-electron chi connectivity index (χ2n) is 6.08. The fourth-order valence-corrected chi connectivity index (χ4v) is 2.72. The number of nitrogens with one attached hydrogen (secondary N) is 1. The van der Waals surface area contributed by atoms with Crippen molar-refractivity contribution >= 4 is 17.6 Å². The molecule has 0 radical (unpaired) electrons. The Labute approximate surface area is 156 Å². The summed E-state index contributed by atoms with van der Waals surface area (Å²) in [6.07, 6.45) is 2.15. The van der Waals surface area contributed by atoms with Crippen molar-refractivity contribution in [3.05, 3.63) is 65.9 Å². The lowest BCUT2D eigenvalue weighted by Gasteiger charge is -2.08. The number of benzene rings is 1. The third-order valence-corrected chi connectivity index (χ3v) is 4.08. The Morgan fingerprint density at radius 1 is 1.15 bits per heavy atom. The number of esters is 1. The second-order valence-corrected chi connectivity index (χ2v) is 6.08. The third kappa shape index (κ3) is 4.63. The maximum absolute atomic E-state index is 12.2. The molecule has 1 N–H and O–H groups in total.